The maximum atomic E-state index is 12.3. The second-order valence-electron chi connectivity index (χ2n) is 6.53. The molecule has 0 aliphatic carbocycles. The lowest BCUT2D eigenvalue weighted by molar-refractivity contribution is -0.122. The van der Waals surface area contributed by atoms with Crippen molar-refractivity contribution in [1.29, 1.82) is 0 Å². The van der Waals surface area contributed by atoms with Crippen LogP contribution < -0.4 is 10.6 Å². The molecular formula is C18H26N2O5S. The average Bonchev–Trinajstić information content (AvgIpc) is 2.56. The third-order valence-corrected chi connectivity index (χ3v) is 3.70. The molecule has 26 heavy (non-hydrogen) atoms. The predicted octanol–water partition coefficient (Wildman–Crippen LogP) is 3.09. The Kier molecular flexibility index (Phi) is 8.98. The largest absolute Gasteiger partial charge is 0.444 e. The minimum atomic E-state index is -0.887. The minimum absolute atomic E-state index is 0.0505. The first-order valence-corrected chi connectivity index (χ1v) is 9.60. The van der Waals surface area contributed by atoms with Crippen LogP contribution in [0.2, 0.25) is 0 Å². The maximum Gasteiger partial charge on any atom is 0.414 e. The highest BCUT2D eigenvalue weighted by Crippen LogP contribution is 2.08. The van der Waals surface area contributed by atoms with Crippen molar-refractivity contribution in [3.63, 3.8) is 0 Å². The number of thioether (sulfide) groups is 1. The number of nitrogens with one attached hydrogen (secondary N) is 2. The third-order valence-electron chi connectivity index (χ3n) is 3.06. The van der Waals surface area contributed by atoms with Gasteiger partial charge in [0.15, 0.2) is 0 Å². The van der Waals surface area contributed by atoms with Crippen molar-refractivity contribution >= 4 is 29.9 Å². The van der Waals surface area contributed by atoms with Crippen molar-refractivity contribution in [2.24, 2.45) is 0 Å². The number of imide groups is 1. The van der Waals surface area contributed by atoms with Crippen molar-refractivity contribution in [2.45, 2.75) is 45.4 Å². The van der Waals surface area contributed by atoms with Crippen LogP contribution in [0.3, 0.4) is 0 Å². The fraction of sp³-hybridized carbons (Fsp3) is 0.500. The fourth-order valence-electron chi connectivity index (χ4n) is 1.90. The number of benzene rings is 1. The average molecular weight is 382 g/mol. The van der Waals surface area contributed by atoms with Crippen LogP contribution in [0.25, 0.3) is 0 Å². The van der Waals surface area contributed by atoms with Crippen molar-refractivity contribution in [1.82, 2.24) is 10.6 Å². The summed E-state index contributed by atoms with van der Waals surface area (Å²) in [6, 6.07) is 8.23. The maximum absolute atomic E-state index is 12.3. The van der Waals surface area contributed by atoms with Gasteiger partial charge in [0, 0.05) is 0 Å². The second-order valence-corrected chi connectivity index (χ2v) is 7.52. The summed E-state index contributed by atoms with van der Waals surface area (Å²) in [5.41, 5.74) is 0.125. The van der Waals surface area contributed by atoms with Gasteiger partial charge in [0.25, 0.3) is 5.91 Å². The van der Waals surface area contributed by atoms with Crippen LogP contribution in [0, 0.1) is 0 Å². The molecule has 0 spiro atoms. The van der Waals surface area contributed by atoms with E-state index >= 15 is 0 Å². The lowest BCUT2D eigenvalue weighted by Gasteiger charge is -2.23. The molecule has 7 nitrogen and oxygen atoms in total. The van der Waals surface area contributed by atoms with E-state index in [9.17, 15) is 14.4 Å². The van der Waals surface area contributed by atoms with Crippen LogP contribution in [-0.4, -0.2) is 41.7 Å². The van der Waals surface area contributed by atoms with Crippen LogP contribution >= 0.6 is 11.8 Å². The smallest absolute Gasteiger partial charge is 0.414 e. The molecule has 3 amide bonds. The Labute approximate surface area is 158 Å². The quantitative estimate of drug-likeness (QED) is 0.753. The summed E-state index contributed by atoms with van der Waals surface area (Å²) in [4.78, 5) is 36.0. The first-order chi connectivity index (χ1) is 12.2. The number of amides is 3. The lowest BCUT2D eigenvalue weighted by Crippen LogP contribution is -2.50. The van der Waals surface area contributed by atoms with E-state index in [1.165, 1.54) is 11.8 Å². The zero-order valence-corrected chi connectivity index (χ0v) is 16.4. The summed E-state index contributed by atoms with van der Waals surface area (Å²) in [6.45, 7) is 5.23. The summed E-state index contributed by atoms with van der Waals surface area (Å²) in [7, 11) is 0. The summed E-state index contributed by atoms with van der Waals surface area (Å²) >= 11 is 1.53. The summed E-state index contributed by atoms with van der Waals surface area (Å²) in [5, 5.41) is 4.64. The Balaban J connectivity index is 2.55. The van der Waals surface area contributed by atoms with Crippen LogP contribution in [-0.2, 0) is 20.9 Å². The van der Waals surface area contributed by atoms with Crippen molar-refractivity contribution < 1.29 is 23.9 Å². The van der Waals surface area contributed by atoms with Crippen LogP contribution in [0.4, 0.5) is 9.59 Å². The van der Waals surface area contributed by atoms with Gasteiger partial charge in [-0.15, -0.1) is 0 Å². The van der Waals surface area contributed by atoms with Crippen LogP contribution in [0.15, 0.2) is 30.3 Å². The molecular weight excluding hydrogens is 356 g/mol. The lowest BCUT2D eigenvalue weighted by atomic mass is 10.2. The molecule has 1 rings (SSSR count). The molecule has 0 bridgehead atoms. The monoisotopic (exact) mass is 382 g/mol. The van der Waals surface area contributed by atoms with Gasteiger partial charge in [-0.1, -0.05) is 30.3 Å². The van der Waals surface area contributed by atoms with Gasteiger partial charge in [-0.25, -0.2) is 9.59 Å². The van der Waals surface area contributed by atoms with Crippen molar-refractivity contribution in [3.8, 4) is 0 Å². The van der Waals surface area contributed by atoms with Gasteiger partial charge < -0.3 is 14.8 Å². The molecule has 1 aromatic carbocycles. The molecule has 0 saturated heterocycles. The Morgan fingerprint density at radius 3 is 2.35 bits per heavy atom. The van der Waals surface area contributed by atoms with E-state index in [4.69, 9.17) is 9.47 Å². The van der Waals surface area contributed by atoms with Gasteiger partial charge in [0.2, 0.25) is 0 Å². The Bertz CT molecular complexity index is 601. The fourth-order valence-corrected chi connectivity index (χ4v) is 2.37. The number of carbonyl (C=O) groups is 3. The zero-order valence-electron chi connectivity index (χ0n) is 15.5. The van der Waals surface area contributed by atoms with Gasteiger partial charge in [-0.05, 0) is 44.8 Å². The van der Waals surface area contributed by atoms with Crippen molar-refractivity contribution in [2.75, 3.05) is 12.0 Å². The highest BCUT2D eigenvalue weighted by atomic mass is 32.2. The first-order valence-electron chi connectivity index (χ1n) is 8.21. The van der Waals surface area contributed by atoms with E-state index in [1.54, 1.807) is 32.9 Å². The van der Waals surface area contributed by atoms with Crippen LogP contribution in [0.1, 0.15) is 32.8 Å². The number of alkyl carbamates (subject to hydrolysis) is 2. The van der Waals surface area contributed by atoms with E-state index in [2.05, 4.69) is 10.6 Å². The Morgan fingerprint density at radius 1 is 1.12 bits per heavy atom. The first kappa shape index (κ1) is 21.8. The minimum Gasteiger partial charge on any atom is -0.444 e. The summed E-state index contributed by atoms with van der Waals surface area (Å²) in [5.74, 6) is -0.00425. The van der Waals surface area contributed by atoms with Gasteiger partial charge in [0.1, 0.15) is 18.2 Å². The molecule has 2 N–H and O–H groups in total. The Hall–Kier alpha value is -2.22. The molecule has 0 saturated carbocycles. The number of carbonyl (C=O) groups excluding carboxylic acids is 3. The number of rotatable bonds is 7. The molecule has 0 aliphatic heterocycles. The molecule has 0 unspecified atom stereocenters. The van der Waals surface area contributed by atoms with E-state index < -0.39 is 29.7 Å². The highest BCUT2D eigenvalue weighted by molar-refractivity contribution is 7.98. The van der Waals surface area contributed by atoms with Gasteiger partial charge in [0.05, 0.1) is 0 Å². The molecule has 0 fully saturated rings. The van der Waals surface area contributed by atoms with Gasteiger partial charge in [-0.3, -0.25) is 10.1 Å². The number of ether oxygens (including phenoxy) is 2. The molecule has 0 aromatic heterocycles. The summed E-state index contributed by atoms with van der Waals surface area (Å²) < 4.78 is 10.2. The van der Waals surface area contributed by atoms with E-state index in [0.717, 1.165) is 5.56 Å². The molecule has 0 heterocycles. The molecule has 1 atom stereocenters. The van der Waals surface area contributed by atoms with Crippen molar-refractivity contribution in [3.05, 3.63) is 35.9 Å². The molecule has 0 radical (unpaired) electrons. The number of hydrogen-bond acceptors (Lipinski definition) is 6. The number of hydrogen-bond donors (Lipinski definition) is 2. The molecule has 8 heteroatoms. The Morgan fingerprint density at radius 2 is 1.77 bits per heavy atom. The summed E-state index contributed by atoms with van der Waals surface area (Å²) in [6.07, 6.45) is 0.671. The van der Waals surface area contributed by atoms with E-state index in [-0.39, 0.29) is 6.61 Å². The third kappa shape index (κ3) is 9.31. The molecule has 1 aromatic rings. The highest BCUT2D eigenvalue weighted by Gasteiger charge is 2.25. The van der Waals surface area contributed by atoms with Gasteiger partial charge >= 0.3 is 12.2 Å². The normalized spacial score (nSPS) is 12.0. The molecule has 144 valence electrons. The zero-order chi connectivity index (χ0) is 19.6. The topological polar surface area (TPSA) is 93.7 Å². The standard InChI is InChI=1S/C18H26N2O5S/c1-18(2,3)25-17(23)19-14(10-11-26-4)15(21)20-16(22)24-12-13-8-6-5-7-9-13/h5-9,14H,10-12H2,1-4H3,(H,19,23)(H,20,21,22)/t14-/m1/s1. The second kappa shape index (κ2) is 10.7. The van der Waals surface area contributed by atoms with E-state index in [0.29, 0.717) is 12.2 Å². The van der Waals surface area contributed by atoms with E-state index in [1.807, 2.05) is 24.5 Å². The predicted molar refractivity (Wildman–Crippen MR) is 101 cm³/mol. The van der Waals surface area contributed by atoms with Crippen LogP contribution in [0.5, 0.6) is 0 Å². The SMILES string of the molecule is CSCC[C@@H](NC(=O)OC(C)(C)C)C(=O)NC(=O)OCc1ccccc1. The molecule has 0 aliphatic rings. The van der Waals surface area contributed by atoms with Gasteiger partial charge in [-0.2, -0.15) is 11.8 Å².